The molecule has 118 valence electrons. The SMILES string of the molecule is Cc1cn(-n2c(-c3ccccc3)nn[n+]2-c2ccccc2)nc1C. The fourth-order valence-corrected chi connectivity index (χ4v) is 2.54. The minimum atomic E-state index is 0.724. The van der Waals surface area contributed by atoms with E-state index in [1.54, 1.807) is 9.59 Å². The lowest BCUT2D eigenvalue weighted by molar-refractivity contribution is -0.747. The quantitative estimate of drug-likeness (QED) is 0.545. The smallest absolute Gasteiger partial charge is 0.0938 e. The standard InChI is InChI=1S/C18H17N6/c1-14-13-22(20-15(14)2)24-18(16-9-5-3-6-10-16)19-21-23(24)17-11-7-4-8-12-17/h3-13H,1-2H3/q+1. The highest BCUT2D eigenvalue weighted by Gasteiger charge is 2.24. The van der Waals surface area contributed by atoms with Gasteiger partial charge in [-0.05, 0) is 47.7 Å². The van der Waals surface area contributed by atoms with Crippen LogP contribution in [0.1, 0.15) is 11.3 Å². The molecule has 0 bridgehead atoms. The van der Waals surface area contributed by atoms with Crippen LogP contribution >= 0.6 is 0 Å². The zero-order valence-corrected chi connectivity index (χ0v) is 13.5. The van der Waals surface area contributed by atoms with Crippen molar-refractivity contribution in [3.63, 3.8) is 0 Å². The molecule has 6 nitrogen and oxygen atoms in total. The first kappa shape index (κ1) is 14.3. The number of aryl methyl sites for hydroxylation is 2. The Kier molecular flexibility index (Phi) is 3.42. The minimum Gasteiger partial charge on any atom is -0.0938 e. The molecule has 6 heteroatoms. The molecule has 0 aliphatic carbocycles. The summed E-state index contributed by atoms with van der Waals surface area (Å²) in [6, 6.07) is 19.9. The second-order valence-corrected chi connectivity index (χ2v) is 5.61. The molecule has 0 amide bonds. The maximum absolute atomic E-state index is 4.60. The van der Waals surface area contributed by atoms with E-state index < -0.39 is 0 Å². The van der Waals surface area contributed by atoms with Crippen molar-refractivity contribution in [1.82, 2.24) is 25.0 Å². The molecular formula is C18H17N6+. The Labute approximate surface area is 139 Å². The topological polar surface area (TPSA) is 52.4 Å². The monoisotopic (exact) mass is 317 g/mol. The van der Waals surface area contributed by atoms with Crippen molar-refractivity contribution in [3.8, 4) is 17.1 Å². The van der Waals surface area contributed by atoms with Crippen LogP contribution < -0.4 is 4.80 Å². The lowest BCUT2D eigenvalue weighted by Gasteiger charge is -2.03. The number of hydrogen-bond acceptors (Lipinski definition) is 3. The number of aromatic nitrogens is 6. The van der Waals surface area contributed by atoms with Gasteiger partial charge in [-0.2, -0.15) is 0 Å². The molecule has 0 N–H and O–H groups in total. The summed E-state index contributed by atoms with van der Waals surface area (Å²) >= 11 is 0. The number of para-hydroxylation sites is 1. The van der Waals surface area contributed by atoms with E-state index in [0.717, 1.165) is 28.3 Å². The normalized spacial score (nSPS) is 10.9. The third kappa shape index (κ3) is 2.38. The van der Waals surface area contributed by atoms with Crippen molar-refractivity contribution >= 4 is 0 Å². The molecule has 2 aromatic carbocycles. The predicted octanol–water partition coefficient (Wildman–Crippen LogP) is 2.35. The molecular weight excluding hydrogens is 300 g/mol. The zero-order chi connectivity index (χ0) is 16.5. The van der Waals surface area contributed by atoms with E-state index in [4.69, 9.17) is 0 Å². The summed E-state index contributed by atoms with van der Waals surface area (Å²) in [5.74, 6) is 0.724. The van der Waals surface area contributed by atoms with E-state index in [0.29, 0.717) is 0 Å². The Hall–Kier alpha value is -3.28. The molecule has 4 rings (SSSR count). The van der Waals surface area contributed by atoms with Crippen LogP contribution in [0.5, 0.6) is 0 Å². The van der Waals surface area contributed by atoms with Crippen molar-refractivity contribution in [1.29, 1.82) is 0 Å². The van der Waals surface area contributed by atoms with Gasteiger partial charge >= 0.3 is 5.82 Å². The third-order valence-corrected chi connectivity index (χ3v) is 3.94. The summed E-state index contributed by atoms with van der Waals surface area (Å²) in [6.07, 6.45) is 1.98. The van der Waals surface area contributed by atoms with Crippen molar-refractivity contribution in [2.24, 2.45) is 0 Å². The Morgan fingerprint density at radius 1 is 0.875 bits per heavy atom. The van der Waals surface area contributed by atoms with Gasteiger partial charge in [-0.25, -0.2) is 0 Å². The van der Waals surface area contributed by atoms with Gasteiger partial charge in [0, 0.05) is 16.2 Å². The summed E-state index contributed by atoms with van der Waals surface area (Å²) in [4.78, 5) is 5.39. The Morgan fingerprint density at radius 2 is 1.54 bits per heavy atom. The van der Waals surface area contributed by atoms with E-state index in [1.807, 2.05) is 85.5 Å². The number of nitrogens with zero attached hydrogens (tertiary/aromatic N) is 6. The van der Waals surface area contributed by atoms with Gasteiger partial charge in [0.05, 0.1) is 10.9 Å². The van der Waals surface area contributed by atoms with Crippen LogP contribution in [0.15, 0.2) is 66.9 Å². The Morgan fingerprint density at radius 3 is 2.17 bits per heavy atom. The summed E-state index contributed by atoms with van der Waals surface area (Å²) in [7, 11) is 0. The first-order valence-electron chi connectivity index (χ1n) is 7.76. The van der Waals surface area contributed by atoms with E-state index >= 15 is 0 Å². The molecule has 2 aromatic heterocycles. The van der Waals surface area contributed by atoms with E-state index in [-0.39, 0.29) is 0 Å². The molecule has 0 aliphatic rings. The highest BCUT2D eigenvalue weighted by Crippen LogP contribution is 2.16. The molecule has 0 fully saturated rings. The lowest BCUT2D eigenvalue weighted by atomic mass is 10.2. The fourth-order valence-electron chi connectivity index (χ4n) is 2.54. The Bertz CT molecular complexity index is 893. The average Bonchev–Trinajstić information content (AvgIpc) is 3.20. The molecule has 4 aromatic rings. The van der Waals surface area contributed by atoms with E-state index in [1.165, 1.54) is 0 Å². The van der Waals surface area contributed by atoms with Gasteiger partial charge in [0.1, 0.15) is 6.20 Å². The molecule has 0 spiro atoms. The van der Waals surface area contributed by atoms with Gasteiger partial charge in [0.2, 0.25) is 0 Å². The van der Waals surface area contributed by atoms with Crippen molar-refractivity contribution in [2.75, 3.05) is 0 Å². The van der Waals surface area contributed by atoms with Crippen LogP contribution in [0.3, 0.4) is 0 Å². The van der Waals surface area contributed by atoms with Gasteiger partial charge in [-0.15, -0.1) is 0 Å². The third-order valence-electron chi connectivity index (χ3n) is 3.94. The molecule has 0 atom stereocenters. The summed E-state index contributed by atoms with van der Waals surface area (Å²) < 4.78 is 0. The van der Waals surface area contributed by atoms with Gasteiger partial charge < -0.3 is 0 Å². The molecule has 0 aliphatic heterocycles. The van der Waals surface area contributed by atoms with Gasteiger partial charge in [-0.1, -0.05) is 46.3 Å². The minimum absolute atomic E-state index is 0.724. The first-order valence-corrected chi connectivity index (χ1v) is 7.76. The highest BCUT2D eigenvalue weighted by atomic mass is 15.8. The summed E-state index contributed by atoms with van der Waals surface area (Å²) in [5, 5.41) is 13.3. The molecule has 0 saturated heterocycles. The molecule has 0 radical (unpaired) electrons. The fraction of sp³-hybridized carbons (Fsp3) is 0.111. The zero-order valence-electron chi connectivity index (χ0n) is 13.5. The average molecular weight is 317 g/mol. The first-order chi connectivity index (χ1) is 11.7. The maximum atomic E-state index is 4.60. The number of tetrazole rings is 1. The van der Waals surface area contributed by atoms with Crippen LogP contribution in [0, 0.1) is 13.8 Å². The van der Waals surface area contributed by atoms with Gasteiger partial charge in [-0.3, -0.25) is 0 Å². The number of hydrogen-bond donors (Lipinski definition) is 0. The molecule has 24 heavy (non-hydrogen) atoms. The molecule has 0 saturated carbocycles. The maximum Gasteiger partial charge on any atom is 0.309 e. The summed E-state index contributed by atoms with van der Waals surface area (Å²) in [6.45, 7) is 4.03. The van der Waals surface area contributed by atoms with Crippen LogP contribution in [-0.4, -0.2) is 25.0 Å². The van der Waals surface area contributed by atoms with Crippen LogP contribution in [0.25, 0.3) is 17.1 Å². The van der Waals surface area contributed by atoms with Gasteiger partial charge in [0.25, 0.3) is 0 Å². The largest absolute Gasteiger partial charge is 0.309 e. The van der Waals surface area contributed by atoms with E-state index in [2.05, 4.69) is 15.4 Å². The molecule has 2 heterocycles. The Balaban J connectivity index is 1.98. The predicted molar refractivity (Wildman–Crippen MR) is 89.5 cm³/mol. The second-order valence-electron chi connectivity index (χ2n) is 5.61. The van der Waals surface area contributed by atoms with Gasteiger partial charge in [0.15, 0.2) is 5.69 Å². The van der Waals surface area contributed by atoms with Crippen LogP contribution in [0.4, 0.5) is 0 Å². The lowest BCUT2D eigenvalue weighted by Crippen LogP contribution is -2.46. The number of rotatable bonds is 3. The van der Waals surface area contributed by atoms with Crippen LogP contribution in [0.2, 0.25) is 0 Å². The van der Waals surface area contributed by atoms with Crippen molar-refractivity contribution in [2.45, 2.75) is 13.8 Å². The molecule has 0 unspecified atom stereocenters. The summed E-state index contributed by atoms with van der Waals surface area (Å²) in [5.41, 5.74) is 3.98. The van der Waals surface area contributed by atoms with Crippen molar-refractivity contribution < 1.29 is 4.80 Å². The number of benzene rings is 2. The van der Waals surface area contributed by atoms with E-state index in [9.17, 15) is 0 Å². The highest BCUT2D eigenvalue weighted by molar-refractivity contribution is 5.53. The second kappa shape index (κ2) is 5.73. The van der Waals surface area contributed by atoms with Crippen molar-refractivity contribution in [3.05, 3.63) is 78.1 Å². The van der Waals surface area contributed by atoms with Crippen LogP contribution in [-0.2, 0) is 0 Å².